The van der Waals surface area contributed by atoms with E-state index in [2.05, 4.69) is 121 Å². The zero-order valence-electron chi connectivity index (χ0n) is 27.4. The summed E-state index contributed by atoms with van der Waals surface area (Å²) < 4.78 is 13.3. The fourth-order valence-corrected chi connectivity index (χ4v) is 8.68. The van der Waals surface area contributed by atoms with E-state index in [1.807, 2.05) is 6.20 Å². The third kappa shape index (κ3) is 4.11. The first-order chi connectivity index (χ1) is 24.8. The molecule has 1 saturated carbocycles. The lowest BCUT2D eigenvalue weighted by Gasteiger charge is -2.22. The molecule has 1 aliphatic carbocycles. The molecule has 3 heterocycles. The number of hydrogen-bond donors (Lipinski definition) is 0. The minimum Gasteiger partial charge on any atom is -0.456 e. The number of furan rings is 2. The van der Waals surface area contributed by atoms with Crippen LogP contribution < -0.4 is 0 Å². The van der Waals surface area contributed by atoms with Gasteiger partial charge in [0.1, 0.15) is 22.3 Å². The largest absolute Gasteiger partial charge is 0.456 e. The van der Waals surface area contributed by atoms with E-state index < -0.39 is 0 Å². The van der Waals surface area contributed by atoms with E-state index in [4.69, 9.17) is 18.8 Å². The first-order valence-electron chi connectivity index (χ1n) is 17.8. The van der Waals surface area contributed by atoms with Gasteiger partial charge in [-0.25, -0.2) is 4.98 Å². The van der Waals surface area contributed by atoms with Crippen molar-refractivity contribution in [2.45, 2.75) is 38.0 Å². The molecule has 0 saturated heterocycles. The maximum Gasteiger partial charge on any atom is 0.142 e. The van der Waals surface area contributed by atoms with Crippen molar-refractivity contribution in [2.24, 2.45) is 0 Å². The van der Waals surface area contributed by atoms with Gasteiger partial charge >= 0.3 is 0 Å². The molecule has 0 bridgehead atoms. The zero-order valence-corrected chi connectivity index (χ0v) is 27.4. The summed E-state index contributed by atoms with van der Waals surface area (Å²) in [5.41, 5.74) is 11.1. The molecular weight excluding hydrogens is 613 g/mol. The standard InChI is InChI=1S/C46H32N2O2/c1-2-11-27(12-3-1)42-45-37(33-17-8-9-20-40(33)49-45)25-38-36-24-29(21-22-41(36)50-46(38)42)28-13-10-14-30(23-28)39-26-47-43-34-18-6-4-15-31(34)32-16-5-7-19-35(32)44(43)48-39/h4-10,13-27H,1-3,11-12H2. The number of para-hydroxylation sites is 1. The minimum atomic E-state index is 0.436. The summed E-state index contributed by atoms with van der Waals surface area (Å²) in [5.74, 6) is 0.436. The molecule has 1 fully saturated rings. The highest BCUT2D eigenvalue weighted by molar-refractivity contribution is 6.23. The van der Waals surface area contributed by atoms with Crippen LogP contribution in [0.1, 0.15) is 43.6 Å². The number of benzene rings is 7. The molecule has 4 nitrogen and oxygen atoms in total. The summed E-state index contributed by atoms with van der Waals surface area (Å²) in [6, 6.07) is 43.0. The average molecular weight is 645 g/mol. The van der Waals surface area contributed by atoms with E-state index in [1.165, 1.54) is 53.8 Å². The molecule has 0 spiro atoms. The predicted octanol–water partition coefficient (Wildman–Crippen LogP) is 13.1. The normalized spacial score (nSPS) is 14.3. The number of hydrogen-bond acceptors (Lipinski definition) is 4. The molecular formula is C46H32N2O2. The van der Waals surface area contributed by atoms with Gasteiger partial charge in [-0.05, 0) is 71.0 Å². The SMILES string of the molecule is c1cc(-c2ccc3oc4c(C5CCCCC5)c5oc6ccccc6c5cc4c3c2)cc(-c2cnc3c4ccccc4c4ccccc4c3n2)c1. The van der Waals surface area contributed by atoms with Crippen LogP contribution in [0.3, 0.4) is 0 Å². The quantitative estimate of drug-likeness (QED) is 0.180. The number of nitrogens with zero attached hydrogens (tertiary/aromatic N) is 2. The van der Waals surface area contributed by atoms with Crippen LogP contribution in [0.15, 0.2) is 136 Å². The second-order valence-corrected chi connectivity index (χ2v) is 13.9. The average Bonchev–Trinajstić information content (AvgIpc) is 3.75. The van der Waals surface area contributed by atoms with E-state index in [9.17, 15) is 0 Å². The summed E-state index contributed by atoms with van der Waals surface area (Å²) in [6.45, 7) is 0. The second kappa shape index (κ2) is 10.8. The zero-order chi connectivity index (χ0) is 32.8. The summed E-state index contributed by atoms with van der Waals surface area (Å²) >= 11 is 0. The highest BCUT2D eigenvalue weighted by Crippen LogP contribution is 2.47. The van der Waals surface area contributed by atoms with Crippen LogP contribution in [0.5, 0.6) is 0 Å². The van der Waals surface area contributed by atoms with Crippen LogP contribution >= 0.6 is 0 Å². The Morgan fingerprint density at radius 2 is 1.08 bits per heavy atom. The van der Waals surface area contributed by atoms with E-state index in [-0.39, 0.29) is 0 Å². The van der Waals surface area contributed by atoms with Crippen molar-refractivity contribution in [1.29, 1.82) is 0 Å². The van der Waals surface area contributed by atoms with Crippen molar-refractivity contribution in [3.8, 4) is 22.4 Å². The molecule has 0 unspecified atom stereocenters. The van der Waals surface area contributed by atoms with Gasteiger partial charge in [0.25, 0.3) is 0 Å². The van der Waals surface area contributed by atoms with Gasteiger partial charge in [0, 0.05) is 43.4 Å². The van der Waals surface area contributed by atoms with Gasteiger partial charge in [0.2, 0.25) is 0 Å². The van der Waals surface area contributed by atoms with Crippen molar-refractivity contribution < 1.29 is 8.83 Å². The Labute approximate surface area is 288 Å². The molecule has 0 N–H and O–H groups in total. The number of rotatable bonds is 3. The number of aromatic nitrogens is 2. The summed E-state index contributed by atoms with van der Waals surface area (Å²) in [6.07, 6.45) is 8.06. The van der Waals surface area contributed by atoms with Gasteiger partial charge < -0.3 is 8.83 Å². The van der Waals surface area contributed by atoms with Crippen molar-refractivity contribution in [1.82, 2.24) is 9.97 Å². The molecule has 11 rings (SSSR count). The highest BCUT2D eigenvalue weighted by atomic mass is 16.3. The van der Waals surface area contributed by atoms with Crippen LogP contribution in [0.25, 0.3) is 98.8 Å². The monoisotopic (exact) mass is 644 g/mol. The Balaban J connectivity index is 1.08. The van der Waals surface area contributed by atoms with Crippen molar-refractivity contribution in [3.05, 3.63) is 133 Å². The molecule has 1 aliphatic rings. The summed E-state index contributed by atoms with van der Waals surface area (Å²) in [7, 11) is 0. The van der Waals surface area contributed by atoms with Crippen LogP contribution in [-0.2, 0) is 0 Å². The van der Waals surface area contributed by atoms with Crippen LogP contribution in [0.2, 0.25) is 0 Å². The Morgan fingerprint density at radius 3 is 1.86 bits per heavy atom. The molecule has 7 aromatic carbocycles. The molecule has 4 heteroatoms. The van der Waals surface area contributed by atoms with Gasteiger partial charge in [0.15, 0.2) is 0 Å². The topological polar surface area (TPSA) is 52.1 Å². The summed E-state index contributed by atoms with van der Waals surface area (Å²) in [5, 5.41) is 9.29. The van der Waals surface area contributed by atoms with E-state index in [1.54, 1.807) is 0 Å². The third-order valence-electron chi connectivity index (χ3n) is 11.1. The fourth-order valence-electron chi connectivity index (χ4n) is 8.68. The Hall–Kier alpha value is -6.00. The maximum absolute atomic E-state index is 6.75. The molecule has 0 radical (unpaired) electrons. The van der Waals surface area contributed by atoms with Crippen LogP contribution in [-0.4, -0.2) is 9.97 Å². The van der Waals surface area contributed by atoms with Gasteiger partial charge in [-0.3, -0.25) is 4.98 Å². The van der Waals surface area contributed by atoms with Crippen LogP contribution in [0, 0.1) is 0 Å². The smallest absolute Gasteiger partial charge is 0.142 e. The first-order valence-corrected chi connectivity index (χ1v) is 17.8. The lowest BCUT2D eigenvalue weighted by atomic mass is 9.82. The minimum absolute atomic E-state index is 0.436. The fraction of sp³-hybridized carbons (Fsp3) is 0.130. The lowest BCUT2D eigenvalue weighted by molar-refractivity contribution is 0.441. The van der Waals surface area contributed by atoms with Gasteiger partial charge in [-0.15, -0.1) is 0 Å². The molecule has 238 valence electrons. The van der Waals surface area contributed by atoms with Gasteiger partial charge in [0.05, 0.1) is 22.9 Å². The highest BCUT2D eigenvalue weighted by Gasteiger charge is 2.27. The second-order valence-electron chi connectivity index (χ2n) is 13.9. The molecule has 50 heavy (non-hydrogen) atoms. The first kappa shape index (κ1) is 27.9. The van der Waals surface area contributed by atoms with Gasteiger partial charge in [-0.1, -0.05) is 110 Å². The summed E-state index contributed by atoms with van der Waals surface area (Å²) in [4.78, 5) is 10.3. The van der Waals surface area contributed by atoms with E-state index in [0.717, 1.165) is 82.7 Å². The molecule has 0 aliphatic heterocycles. The maximum atomic E-state index is 6.75. The molecule has 10 aromatic rings. The van der Waals surface area contributed by atoms with Crippen molar-refractivity contribution in [3.63, 3.8) is 0 Å². The van der Waals surface area contributed by atoms with E-state index in [0.29, 0.717) is 5.92 Å². The van der Waals surface area contributed by atoms with Gasteiger partial charge in [-0.2, -0.15) is 0 Å². The Kier molecular flexibility index (Phi) is 6.00. The van der Waals surface area contributed by atoms with Crippen molar-refractivity contribution >= 4 is 76.5 Å². The third-order valence-corrected chi connectivity index (χ3v) is 11.1. The molecule has 0 amide bonds. The Bertz CT molecular complexity index is 2940. The predicted molar refractivity (Wildman–Crippen MR) is 206 cm³/mol. The van der Waals surface area contributed by atoms with E-state index >= 15 is 0 Å². The van der Waals surface area contributed by atoms with Crippen LogP contribution in [0.4, 0.5) is 0 Å². The Morgan fingerprint density at radius 1 is 0.460 bits per heavy atom. The number of fused-ring (bicyclic) bond motifs is 12. The lowest BCUT2D eigenvalue weighted by Crippen LogP contribution is -2.05. The molecule has 3 aromatic heterocycles. The molecule has 0 atom stereocenters. The van der Waals surface area contributed by atoms with Crippen molar-refractivity contribution in [2.75, 3.05) is 0 Å².